The third-order valence-corrected chi connectivity index (χ3v) is 4.61. The van der Waals surface area contributed by atoms with Gasteiger partial charge in [-0.05, 0) is 12.1 Å². The average molecular weight is 395 g/mol. The van der Waals surface area contributed by atoms with Crippen LogP contribution in [-0.4, -0.2) is 65.1 Å². The minimum Gasteiger partial charge on any atom is -0.369 e. The van der Waals surface area contributed by atoms with Crippen LogP contribution in [0, 0.1) is 11.8 Å². The van der Waals surface area contributed by atoms with Crippen molar-refractivity contribution in [3.05, 3.63) is 41.6 Å². The van der Waals surface area contributed by atoms with Gasteiger partial charge in [0, 0.05) is 44.3 Å². The lowest BCUT2D eigenvalue weighted by Gasteiger charge is -2.16. The standard InChI is InChI=1S/C20H21N5O4/c1-24-10-9-20(28,19(24)27)8-7-13-5-4-6-14(11-13)18-22-15(17(21)26)12-16(23-18)25(2)29-3/h4-6,11-12,28H,9-10H2,1-3H3,(H2,21,26). The maximum absolute atomic E-state index is 12.1. The summed E-state index contributed by atoms with van der Waals surface area (Å²) in [6.45, 7) is 0.452. The predicted molar refractivity (Wildman–Crippen MR) is 105 cm³/mol. The summed E-state index contributed by atoms with van der Waals surface area (Å²) >= 11 is 0. The Bertz CT molecular complexity index is 1030. The van der Waals surface area contributed by atoms with Crippen molar-refractivity contribution < 1.29 is 19.5 Å². The molecule has 0 saturated carbocycles. The van der Waals surface area contributed by atoms with Gasteiger partial charge >= 0.3 is 0 Å². The zero-order valence-corrected chi connectivity index (χ0v) is 16.3. The Morgan fingerprint density at radius 2 is 2.14 bits per heavy atom. The molecule has 1 aliphatic rings. The smallest absolute Gasteiger partial charge is 0.267 e. The number of rotatable bonds is 4. The molecule has 1 aromatic carbocycles. The highest BCUT2D eigenvalue weighted by atomic mass is 16.7. The fourth-order valence-corrected chi connectivity index (χ4v) is 2.83. The van der Waals surface area contributed by atoms with E-state index >= 15 is 0 Å². The van der Waals surface area contributed by atoms with E-state index in [0.29, 0.717) is 23.5 Å². The summed E-state index contributed by atoms with van der Waals surface area (Å²) in [4.78, 5) is 38.9. The van der Waals surface area contributed by atoms with Gasteiger partial charge in [-0.2, -0.15) is 0 Å². The van der Waals surface area contributed by atoms with Crippen LogP contribution in [0.1, 0.15) is 22.5 Å². The van der Waals surface area contributed by atoms with Gasteiger partial charge < -0.3 is 15.7 Å². The van der Waals surface area contributed by atoms with Gasteiger partial charge in [-0.25, -0.2) is 15.0 Å². The second kappa shape index (κ2) is 7.87. The number of amides is 2. The van der Waals surface area contributed by atoms with Crippen molar-refractivity contribution in [1.82, 2.24) is 14.9 Å². The van der Waals surface area contributed by atoms with Gasteiger partial charge in [0.05, 0.1) is 7.11 Å². The first-order valence-electron chi connectivity index (χ1n) is 8.82. The van der Waals surface area contributed by atoms with Crippen molar-refractivity contribution in [3.8, 4) is 23.2 Å². The number of hydroxylamine groups is 1. The zero-order valence-electron chi connectivity index (χ0n) is 16.3. The minimum absolute atomic E-state index is 0.0410. The molecule has 1 aliphatic heterocycles. The third kappa shape index (κ3) is 4.18. The number of carbonyl (C=O) groups excluding carboxylic acids is 2. The van der Waals surface area contributed by atoms with Crippen molar-refractivity contribution in [2.24, 2.45) is 5.73 Å². The Kier molecular flexibility index (Phi) is 5.50. The first kappa shape index (κ1) is 20.3. The second-order valence-corrected chi connectivity index (χ2v) is 6.65. The van der Waals surface area contributed by atoms with Crippen molar-refractivity contribution in [3.63, 3.8) is 0 Å². The summed E-state index contributed by atoms with van der Waals surface area (Å²) in [5.74, 6) is 5.03. The first-order valence-corrected chi connectivity index (χ1v) is 8.82. The molecule has 0 spiro atoms. The molecule has 1 saturated heterocycles. The summed E-state index contributed by atoms with van der Waals surface area (Å²) in [7, 11) is 4.73. The number of primary amides is 1. The van der Waals surface area contributed by atoms with E-state index in [4.69, 9.17) is 10.6 Å². The Hall–Kier alpha value is -3.48. The Labute approximate surface area is 168 Å². The van der Waals surface area contributed by atoms with Gasteiger partial charge in [0.25, 0.3) is 11.8 Å². The van der Waals surface area contributed by atoms with Crippen LogP contribution in [-0.2, 0) is 9.63 Å². The van der Waals surface area contributed by atoms with Crippen LogP contribution in [0.4, 0.5) is 5.82 Å². The molecule has 2 aromatic rings. The number of nitrogens with two attached hydrogens (primary N) is 1. The van der Waals surface area contributed by atoms with Gasteiger partial charge in [-0.3, -0.25) is 14.4 Å². The number of hydrogen-bond donors (Lipinski definition) is 2. The lowest BCUT2D eigenvalue weighted by molar-refractivity contribution is -0.137. The second-order valence-electron chi connectivity index (χ2n) is 6.65. The number of nitrogens with zero attached hydrogens (tertiary/aromatic N) is 4. The summed E-state index contributed by atoms with van der Waals surface area (Å²) in [5.41, 5.74) is 4.90. The van der Waals surface area contributed by atoms with Gasteiger partial charge in [0.15, 0.2) is 11.6 Å². The normalized spacial score (nSPS) is 18.3. The number of carbonyl (C=O) groups is 2. The molecule has 3 N–H and O–H groups in total. The summed E-state index contributed by atoms with van der Waals surface area (Å²) in [6, 6.07) is 8.37. The molecule has 1 atom stereocenters. The van der Waals surface area contributed by atoms with Crippen LogP contribution in [0.3, 0.4) is 0 Å². The van der Waals surface area contributed by atoms with Crippen molar-refractivity contribution in [1.29, 1.82) is 0 Å². The quantitative estimate of drug-likeness (QED) is 0.560. The van der Waals surface area contributed by atoms with E-state index < -0.39 is 17.4 Å². The number of hydrogen-bond acceptors (Lipinski definition) is 7. The zero-order chi connectivity index (χ0) is 21.2. The van der Waals surface area contributed by atoms with E-state index in [9.17, 15) is 14.7 Å². The van der Waals surface area contributed by atoms with Gasteiger partial charge in [-0.1, -0.05) is 24.0 Å². The molecule has 0 aliphatic carbocycles. The highest BCUT2D eigenvalue weighted by molar-refractivity contribution is 5.92. The summed E-state index contributed by atoms with van der Waals surface area (Å²) in [6.07, 6.45) is 0.255. The van der Waals surface area contributed by atoms with Crippen LogP contribution >= 0.6 is 0 Å². The highest BCUT2D eigenvalue weighted by Crippen LogP contribution is 2.23. The molecule has 2 heterocycles. The molecule has 1 unspecified atom stereocenters. The molecule has 1 fully saturated rings. The fraction of sp³-hybridized carbons (Fsp3) is 0.300. The van der Waals surface area contributed by atoms with E-state index in [2.05, 4.69) is 21.8 Å². The number of aromatic nitrogens is 2. The number of benzene rings is 1. The topological polar surface area (TPSA) is 122 Å². The van der Waals surface area contributed by atoms with Crippen LogP contribution in [0.5, 0.6) is 0 Å². The molecule has 150 valence electrons. The maximum Gasteiger partial charge on any atom is 0.267 e. The molecular formula is C20H21N5O4. The average Bonchev–Trinajstić information content (AvgIpc) is 2.99. The van der Waals surface area contributed by atoms with Crippen LogP contribution in [0.25, 0.3) is 11.4 Å². The molecule has 0 bridgehead atoms. The number of likely N-dealkylation sites (tertiary alicyclic amines) is 1. The Morgan fingerprint density at radius 3 is 2.76 bits per heavy atom. The SMILES string of the molecule is CON(C)c1cc(C(N)=O)nc(-c2cccc(C#CC3(O)CCN(C)C3=O)c2)n1. The van der Waals surface area contributed by atoms with E-state index in [1.807, 2.05) is 0 Å². The van der Waals surface area contributed by atoms with E-state index in [1.54, 1.807) is 38.4 Å². The maximum atomic E-state index is 12.1. The number of likely N-dealkylation sites (N-methyl/N-ethyl adjacent to an activating group) is 1. The number of anilines is 1. The van der Waals surface area contributed by atoms with Gasteiger partial charge in [0.2, 0.25) is 5.60 Å². The van der Waals surface area contributed by atoms with E-state index in [-0.39, 0.29) is 17.9 Å². The Morgan fingerprint density at radius 1 is 1.38 bits per heavy atom. The van der Waals surface area contributed by atoms with Crippen molar-refractivity contribution in [2.75, 3.05) is 32.8 Å². The van der Waals surface area contributed by atoms with Crippen LogP contribution in [0.2, 0.25) is 0 Å². The molecule has 1 aromatic heterocycles. The van der Waals surface area contributed by atoms with Crippen LogP contribution < -0.4 is 10.8 Å². The molecule has 9 heteroatoms. The molecule has 29 heavy (non-hydrogen) atoms. The van der Waals surface area contributed by atoms with E-state index in [1.165, 1.54) is 23.1 Å². The molecule has 3 rings (SSSR count). The molecule has 2 amide bonds. The largest absolute Gasteiger partial charge is 0.369 e. The fourth-order valence-electron chi connectivity index (χ4n) is 2.83. The van der Waals surface area contributed by atoms with Gasteiger partial charge in [-0.15, -0.1) is 0 Å². The molecule has 9 nitrogen and oxygen atoms in total. The lowest BCUT2D eigenvalue weighted by atomic mass is 10.0. The Balaban J connectivity index is 1.98. The first-order chi connectivity index (χ1) is 13.7. The van der Waals surface area contributed by atoms with Crippen LogP contribution in [0.15, 0.2) is 30.3 Å². The monoisotopic (exact) mass is 395 g/mol. The third-order valence-electron chi connectivity index (χ3n) is 4.61. The lowest BCUT2D eigenvalue weighted by Crippen LogP contribution is -2.37. The predicted octanol–water partition coefficient (Wildman–Crippen LogP) is 0.185. The minimum atomic E-state index is -1.68. The summed E-state index contributed by atoms with van der Waals surface area (Å²) in [5, 5.41) is 11.8. The molecule has 0 radical (unpaired) electrons. The van der Waals surface area contributed by atoms with Gasteiger partial charge in [0.1, 0.15) is 5.69 Å². The highest BCUT2D eigenvalue weighted by Gasteiger charge is 2.42. The van der Waals surface area contributed by atoms with Crippen molar-refractivity contribution >= 4 is 17.6 Å². The van der Waals surface area contributed by atoms with Crippen molar-refractivity contribution in [2.45, 2.75) is 12.0 Å². The number of aliphatic hydroxyl groups is 1. The summed E-state index contributed by atoms with van der Waals surface area (Å²) < 4.78 is 0. The molecular weight excluding hydrogens is 374 g/mol. The van der Waals surface area contributed by atoms with E-state index in [0.717, 1.165) is 0 Å².